The highest BCUT2D eigenvalue weighted by Gasteiger charge is 2.33. The Bertz CT molecular complexity index is 490. The molecule has 0 radical (unpaired) electrons. The van der Waals surface area contributed by atoms with Gasteiger partial charge in [-0.1, -0.05) is 0 Å². The van der Waals surface area contributed by atoms with Crippen LogP contribution in [0.15, 0.2) is 18.5 Å². The molecule has 2 aromatic heterocycles. The summed E-state index contributed by atoms with van der Waals surface area (Å²) in [4.78, 5) is 7.22. The van der Waals surface area contributed by atoms with Crippen LogP contribution in [0.25, 0.3) is 11.4 Å². The first-order valence-corrected chi connectivity index (χ1v) is 4.38. The summed E-state index contributed by atoms with van der Waals surface area (Å²) in [5.41, 5.74) is -0.336. The molecule has 0 spiro atoms. The maximum atomic E-state index is 12.5. The molecule has 16 heavy (non-hydrogen) atoms. The number of hydrogen-bond donors (Lipinski definition) is 1. The molecule has 0 aliphatic carbocycles. The molecule has 0 unspecified atom stereocenters. The minimum absolute atomic E-state index is 0.279. The fraction of sp³-hybridized carbons (Fsp3) is 0.222. The third-order valence-corrected chi connectivity index (χ3v) is 1.93. The zero-order valence-electron chi connectivity index (χ0n) is 8.21. The number of halogens is 3. The molecule has 4 nitrogen and oxygen atoms in total. The summed E-state index contributed by atoms with van der Waals surface area (Å²) in [6.07, 6.45) is -3.22. The van der Waals surface area contributed by atoms with Crippen LogP contribution in [0.1, 0.15) is 11.4 Å². The van der Waals surface area contributed by atoms with Crippen molar-refractivity contribution in [2.24, 2.45) is 0 Å². The summed E-state index contributed by atoms with van der Waals surface area (Å²) in [6, 6.07) is 2.45. The van der Waals surface area contributed by atoms with E-state index in [1.807, 2.05) is 0 Å². The van der Waals surface area contributed by atoms with Crippen molar-refractivity contribution in [2.75, 3.05) is 0 Å². The van der Waals surface area contributed by atoms with Gasteiger partial charge in [-0.15, -0.1) is 0 Å². The van der Waals surface area contributed by atoms with Crippen LogP contribution < -0.4 is 0 Å². The molecule has 1 N–H and O–H groups in total. The number of hydrogen-bond acceptors (Lipinski definition) is 3. The normalized spacial score (nSPS) is 11.8. The predicted molar refractivity (Wildman–Crippen MR) is 49.4 cm³/mol. The Morgan fingerprint density at radius 2 is 2.00 bits per heavy atom. The number of pyridine rings is 1. The van der Waals surface area contributed by atoms with Crippen LogP contribution in [0.4, 0.5) is 13.2 Å². The number of aromatic amines is 1. The van der Waals surface area contributed by atoms with Crippen molar-refractivity contribution in [2.45, 2.75) is 13.1 Å². The zero-order valence-corrected chi connectivity index (χ0v) is 8.21. The Labute approximate surface area is 88.6 Å². The van der Waals surface area contributed by atoms with E-state index in [-0.39, 0.29) is 11.5 Å². The number of alkyl halides is 3. The Balaban J connectivity index is 2.53. The SMILES string of the molecule is Cc1cc(-c2ncn[nH]2)cc(C(F)(F)F)n1. The highest BCUT2D eigenvalue weighted by atomic mass is 19.4. The molecular formula is C9H7F3N4. The molecule has 0 amide bonds. The second kappa shape index (κ2) is 3.58. The summed E-state index contributed by atoms with van der Waals surface area (Å²) in [5.74, 6) is 0.288. The first kappa shape index (κ1) is 10.6. The second-order valence-corrected chi connectivity index (χ2v) is 3.21. The fourth-order valence-electron chi connectivity index (χ4n) is 1.30. The largest absolute Gasteiger partial charge is 0.433 e. The smallest absolute Gasteiger partial charge is 0.259 e. The van der Waals surface area contributed by atoms with Gasteiger partial charge in [0.2, 0.25) is 0 Å². The van der Waals surface area contributed by atoms with Gasteiger partial charge in [0.1, 0.15) is 12.0 Å². The van der Waals surface area contributed by atoms with Crippen molar-refractivity contribution in [3.8, 4) is 11.4 Å². The Hall–Kier alpha value is -1.92. The van der Waals surface area contributed by atoms with E-state index in [4.69, 9.17) is 0 Å². The molecule has 0 bridgehead atoms. The van der Waals surface area contributed by atoms with Gasteiger partial charge in [-0.05, 0) is 19.1 Å². The van der Waals surface area contributed by atoms with E-state index in [2.05, 4.69) is 20.2 Å². The van der Waals surface area contributed by atoms with Crippen molar-refractivity contribution in [1.29, 1.82) is 0 Å². The van der Waals surface area contributed by atoms with Crippen molar-refractivity contribution in [3.63, 3.8) is 0 Å². The number of aryl methyl sites for hydroxylation is 1. The molecule has 0 aromatic carbocycles. The summed E-state index contributed by atoms with van der Waals surface area (Å²) in [5, 5.41) is 6.09. The standard InChI is InChI=1S/C9H7F3N4/c1-5-2-6(8-13-4-14-16-8)3-7(15-5)9(10,11)12/h2-4H,1H3,(H,13,14,16). The average Bonchev–Trinajstić information content (AvgIpc) is 2.68. The van der Waals surface area contributed by atoms with Crippen LogP contribution in [-0.4, -0.2) is 20.2 Å². The third-order valence-electron chi connectivity index (χ3n) is 1.93. The maximum Gasteiger partial charge on any atom is 0.433 e. The molecule has 84 valence electrons. The van der Waals surface area contributed by atoms with Crippen LogP contribution in [-0.2, 0) is 6.18 Å². The van der Waals surface area contributed by atoms with Crippen molar-refractivity contribution >= 4 is 0 Å². The Morgan fingerprint density at radius 3 is 2.56 bits per heavy atom. The third kappa shape index (κ3) is 2.02. The maximum absolute atomic E-state index is 12.5. The van der Waals surface area contributed by atoms with E-state index < -0.39 is 11.9 Å². The molecule has 2 rings (SSSR count). The molecule has 2 aromatic rings. The molecule has 7 heteroatoms. The molecule has 0 aliphatic rings. The lowest BCUT2D eigenvalue weighted by molar-refractivity contribution is -0.141. The van der Waals surface area contributed by atoms with E-state index in [1.165, 1.54) is 19.3 Å². The number of nitrogens with one attached hydrogen (secondary N) is 1. The number of aromatic nitrogens is 4. The van der Waals surface area contributed by atoms with Crippen molar-refractivity contribution in [1.82, 2.24) is 20.2 Å². The van der Waals surface area contributed by atoms with E-state index in [0.29, 0.717) is 5.56 Å². The predicted octanol–water partition coefficient (Wildman–Crippen LogP) is 2.19. The molecule has 0 fully saturated rings. The summed E-state index contributed by atoms with van der Waals surface area (Å²) in [7, 11) is 0. The lowest BCUT2D eigenvalue weighted by atomic mass is 10.2. The van der Waals surface area contributed by atoms with Crippen molar-refractivity contribution < 1.29 is 13.2 Å². The molecule has 0 aliphatic heterocycles. The lowest BCUT2D eigenvalue weighted by Gasteiger charge is -2.08. The number of nitrogens with zero attached hydrogens (tertiary/aromatic N) is 3. The Morgan fingerprint density at radius 1 is 1.25 bits per heavy atom. The molecule has 0 saturated heterocycles. The minimum atomic E-state index is -4.46. The molecule has 2 heterocycles. The fourth-order valence-corrected chi connectivity index (χ4v) is 1.30. The minimum Gasteiger partial charge on any atom is -0.259 e. The second-order valence-electron chi connectivity index (χ2n) is 3.21. The van der Waals surface area contributed by atoms with Gasteiger partial charge in [0.05, 0.1) is 0 Å². The monoisotopic (exact) mass is 228 g/mol. The summed E-state index contributed by atoms with van der Waals surface area (Å²) in [6.45, 7) is 1.50. The quantitative estimate of drug-likeness (QED) is 0.813. The first-order chi connectivity index (χ1) is 7.47. The van der Waals surface area contributed by atoms with Gasteiger partial charge < -0.3 is 0 Å². The van der Waals surface area contributed by atoms with Gasteiger partial charge in [0.15, 0.2) is 5.82 Å². The van der Waals surface area contributed by atoms with Crippen LogP contribution in [0, 0.1) is 6.92 Å². The van der Waals surface area contributed by atoms with Gasteiger partial charge in [-0.3, -0.25) is 5.10 Å². The van der Waals surface area contributed by atoms with Crippen molar-refractivity contribution in [3.05, 3.63) is 29.8 Å². The van der Waals surface area contributed by atoms with Crippen LogP contribution in [0.3, 0.4) is 0 Å². The van der Waals surface area contributed by atoms with Gasteiger partial charge in [0.25, 0.3) is 0 Å². The van der Waals surface area contributed by atoms with E-state index >= 15 is 0 Å². The van der Waals surface area contributed by atoms with E-state index in [1.54, 1.807) is 0 Å². The molecule has 0 saturated carbocycles. The average molecular weight is 228 g/mol. The van der Waals surface area contributed by atoms with Crippen LogP contribution >= 0.6 is 0 Å². The number of rotatable bonds is 1. The van der Waals surface area contributed by atoms with Crippen LogP contribution in [0.2, 0.25) is 0 Å². The first-order valence-electron chi connectivity index (χ1n) is 4.38. The summed E-state index contributed by atoms with van der Waals surface area (Å²) >= 11 is 0. The van der Waals surface area contributed by atoms with Gasteiger partial charge in [0, 0.05) is 11.3 Å². The molecular weight excluding hydrogens is 221 g/mol. The van der Waals surface area contributed by atoms with Gasteiger partial charge >= 0.3 is 6.18 Å². The Kier molecular flexibility index (Phi) is 2.37. The highest BCUT2D eigenvalue weighted by Crippen LogP contribution is 2.30. The van der Waals surface area contributed by atoms with E-state index in [9.17, 15) is 13.2 Å². The molecule has 0 atom stereocenters. The van der Waals surface area contributed by atoms with Gasteiger partial charge in [-0.25, -0.2) is 9.97 Å². The van der Waals surface area contributed by atoms with E-state index in [0.717, 1.165) is 6.07 Å². The highest BCUT2D eigenvalue weighted by molar-refractivity contribution is 5.55. The number of H-pyrrole nitrogens is 1. The topological polar surface area (TPSA) is 54.5 Å². The van der Waals surface area contributed by atoms with Crippen LogP contribution in [0.5, 0.6) is 0 Å². The lowest BCUT2D eigenvalue weighted by Crippen LogP contribution is -2.09. The zero-order chi connectivity index (χ0) is 11.8. The summed E-state index contributed by atoms with van der Waals surface area (Å²) < 4.78 is 37.4. The van der Waals surface area contributed by atoms with Gasteiger partial charge in [-0.2, -0.15) is 18.3 Å².